The van der Waals surface area contributed by atoms with Gasteiger partial charge in [-0.3, -0.25) is 14.5 Å². The molecule has 4 rings (SSSR count). The third-order valence-electron chi connectivity index (χ3n) is 5.39. The SMILES string of the molecule is CCOc1cccc(N2C(=O)C(=O)/C(=C(\O)c3cc(OCC)ccc3Cl)C2c2ccc(C)o2)c1. The Kier molecular flexibility index (Phi) is 6.65. The van der Waals surface area contributed by atoms with Crippen LogP contribution in [0.5, 0.6) is 11.5 Å². The molecule has 1 saturated heterocycles. The normalized spacial score (nSPS) is 17.3. The van der Waals surface area contributed by atoms with Crippen molar-refractivity contribution in [1.29, 1.82) is 0 Å². The summed E-state index contributed by atoms with van der Waals surface area (Å²) in [5.41, 5.74) is 0.485. The van der Waals surface area contributed by atoms with Gasteiger partial charge in [0.25, 0.3) is 11.7 Å². The predicted octanol–water partition coefficient (Wildman–Crippen LogP) is 5.67. The Morgan fingerprint density at radius 2 is 1.74 bits per heavy atom. The summed E-state index contributed by atoms with van der Waals surface area (Å²) in [5.74, 6) is -0.117. The molecule has 1 fully saturated rings. The molecule has 1 atom stereocenters. The first-order valence-electron chi connectivity index (χ1n) is 10.9. The molecular formula is C26H24ClNO6. The number of ketones is 1. The topological polar surface area (TPSA) is 89.2 Å². The molecule has 176 valence electrons. The zero-order valence-corrected chi connectivity index (χ0v) is 19.8. The van der Waals surface area contributed by atoms with Gasteiger partial charge in [0.1, 0.15) is 34.8 Å². The molecule has 1 unspecified atom stereocenters. The Morgan fingerprint density at radius 1 is 1.03 bits per heavy atom. The molecular weight excluding hydrogens is 458 g/mol. The lowest BCUT2D eigenvalue weighted by molar-refractivity contribution is -0.132. The van der Waals surface area contributed by atoms with Crippen LogP contribution in [0.3, 0.4) is 0 Å². The van der Waals surface area contributed by atoms with E-state index >= 15 is 0 Å². The molecule has 34 heavy (non-hydrogen) atoms. The second-order valence-corrected chi connectivity index (χ2v) is 8.03. The number of aryl methyl sites for hydroxylation is 1. The number of carbonyl (C=O) groups excluding carboxylic acids is 2. The van der Waals surface area contributed by atoms with Crippen molar-refractivity contribution >= 4 is 34.7 Å². The Labute approximate surface area is 202 Å². The van der Waals surface area contributed by atoms with Gasteiger partial charge in [0.15, 0.2) is 0 Å². The monoisotopic (exact) mass is 481 g/mol. The van der Waals surface area contributed by atoms with Crippen LogP contribution in [0.15, 0.2) is 64.6 Å². The number of nitrogens with zero attached hydrogens (tertiary/aromatic N) is 1. The van der Waals surface area contributed by atoms with E-state index in [1.807, 2.05) is 13.8 Å². The van der Waals surface area contributed by atoms with Crippen LogP contribution >= 0.6 is 11.6 Å². The molecule has 8 heteroatoms. The smallest absolute Gasteiger partial charge is 0.300 e. The molecule has 2 heterocycles. The van der Waals surface area contributed by atoms with Gasteiger partial charge in [0, 0.05) is 17.3 Å². The lowest BCUT2D eigenvalue weighted by atomic mass is 9.99. The zero-order chi connectivity index (χ0) is 24.4. The van der Waals surface area contributed by atoms with Crippen molar-refractivity contribution < 1.29 is 28.6 Å². The maximum atomic E-state index is 13.3. The van der Waals surface area contributed by atoms with Crippen LogP contribution in [0.2, 0.25) is 5.02 Å². The lowest BCUT2D eigenvalue weighted by Gasteiger charge is -2.24. The number of amides is 1. The number of furan rings is 1. The third kappa shape index (κ3) is 4.26. The van der Waals surface area contributed by atoms with E-state index in [1.54, 1.807) is 55.5 Å². The number of hydrogen-bond donors (Lipinski definition) is 1. The van der Waals surface area contributed by atoms with Gasteiger partial charge in [-0.25, -0.2) is 0 Å². The summed E-state index contributed by atoms with van der Waals surface area (Å²) < 4.78 is 16.9. The fraction of sp³-hybridized carbons (Fsp3) is 0.231. The maximum Gasteiger partial charge on any atom is 0.300 e. The molecule has 0 aliphatic carbocycles. The van der Waals surface area contributed by atoms with Gasteiger partial charge >= 0.3 is 0 Å². The first-order chi connectivity index (χ1) is 16.3. The third-order valence-corrected chi connectivity index (χ3v) is 5.72. The summed E-state index contributed by atoms with van der Waals surface area (Å²) in [5, 5.41) is 11.5. The van der Waals surface area contributed by atoms with Crippen molar-refractivity contribution in [3.05, 3.63) is 82.3 Å². The summed E-state index contributed by atoms with van der Waals surface area (Å²) in [4.78, 5) is 27.8. The minimum absolute atomic E-state index is 0.128. The van der Waals surface area contributed by atoms with Gasteiger partial charge in [0.05, 0.1) is 23.8 Å². The molecule has 1 amide bonds. The second-order valence-electron chi connectivity index (χ2n) is 7.62. The zero-order valence-electron chi connectivity index (χ0n) is 19.0. The maximum absolute atomic E-state index is 13.3. The van der Waals surface area contributed by atoms with Gasteiger partial charge in [-0.15, -0.1) is 0 Å². The van der Waals surface area contributed by atoms with Crippen LogP contribution < -0.4 is 14.4 Å². The minimum Gasteiger partial charge on any atom is -0.507 e. The molecule has 0 spiro atoms. The molecule has 0 radical (unpaired) electrons. The summed E-state index contributed by atoms with van der Waals surface area (Å²) in [6.07, 6.45) is 0. The Morgan fingerprint density at radius 3 is 2.38 bits per heavy atom. The molecule has 3 aromatic rings. The van der Waals surface area contributed by atoms with Gasteiger partial charge in [0.2, 0.25) is 0 Å². The number of aliphatic hydroxyl groups is 1. The number of hydrogen-bond acceptors (Lipinski definition) is 6. The number of anilines is 1. The van der Waals surface area contributed by atoms with E-state index in [9.17, 15) is 14.7 Å². The number of benzene rings is 2. The number of ether oxygens (including phenoxy) is 2. The lowest BCUT2D eigenvalue weighted by Crippen LogP contribution is -2.29. The van der Waals surface area contributed by atoms with Crippen molar-refractivity contribution in [2.75, 3.05) is 18.1 Å². The van der Waals surface area contributed by atoms with Gasteiger partial charge in [-0.05, 0) is 63.2 Å². The predicted molar refractivity (Wildman–Crippen MR) is 128 cm³/mol. The van der Waals surface area contributed by atoms with E-state index in [-0.39, 0.29) is 16.2 Å². The van der Waals surface area contributed by atoms with E-state index in [0.29, 0.717) is 41.9 Å². The number of halogens is 1. The number of aliphatic hydroxyl groups excluding tert-OH is 1. The second kappa shape index (κ2) is 9.65. The molecule has 1 aliphatic heterocycles. The van der Waals surface area contributed by atoms with Crippen LogP contribution in [0.25, 0.3) is 5.76 Å². The highest BCUT2D eigenvalue weighted by Crippen LogP contribution is 2.44. The number of carbonyl (C=O) groups is 2. The summed E-state index contributed by atoms with van der Waals surface area (Å²) in [6.45, 7) is 6.29. The van der Waals surface area contributed by atoms with E-state index in [4.69, 9.17) is 25.5 Å². The molecule has 0 bridgehead atoms. The summed E-state index contributed by atoms with van der Waals surface area (Å²) in [6, 6.07) is 14.0. The first kappa shape index (κ1) is 23.4. The molecule has 2 aromatic carbocycles. The highest BCUT2D eigenvalue weighted by atomic mass is 35.5. The minimum atomic E-state index is -1.00. The van der Waals surface area contributed by atoms with Crippen LogP contribution in [0, 0.1) is 6.92 Å². The Bertz CT molecular complexity index is 1280. The van der Waals surface area contributed by atoms with Gasteiger partial charge < -0.3 is 19.0 Å². The first-order valence-corrected chi connectivity index (χ1v) is 11.3. The van der Waals surface area contributed by atoms with E-state index in [0.717, 1.165) is 0 Å². The molecule has 0 saturated carbocycles. The standard InChI is InChI=1S/C26H24ClNO6/c1-4-32-17-8-6-7-16(13-17)28-23(21-12-9-15(3)34-21)22(25(30)26(28)31)24(29)19-14-18(33-5-2)10-11-20(19)27/h6-14,23,29H,4-5H2,1-3H3/b24-22-. The quantitative estimate of drug-likeness (QED) is 0.266. The average molecular weight is 482 g/mol. The van der Waals surface area contributed by atoms with Crippen molar-refractivity contribution in [2.45, 2.75) is 26.8 Å². The van der Waals surface area contributed by atoms with Crippen molar-refractivity contribution in [3.8, 4) is 11.5 Å². The van der Waals surface area contributed by atoms with Crippen LogP contribution in [-0.4, -0.2) is 30.0 Å². The van der Waals surface area contributed by atoms with Crippen molar-refractivity contribution in [1.82, 2.24) is 0 Å². The fourth-order valence-electron chi connectivity index (χ4n) is 3.95. The summed E-state index contributed by atoms with van der Waals surface area (Å²) in [7, 11) is 0. The van der Waals surface area contributed by atoms with E-state index in [2.05, 4.69) is 0 Å². The molecule has 1 aliphatic rings. The fourth-order valence-corrected chi connectivity index (χ4v) is 4.15. The highest BCUT2D eigenvalue weighted by molar-refractivity contribution is 6.52. The van der Waals surface area contributed by atoms with Crippen LogP contribution in [0.1, 0.15) is 37.0 Å². The van der Waals surface area contributed by atoms with Crippen molar-refractivity contribution in [3.63, 3.8) is 0 Å². The summed E-state index contributed by atoms with van der Waals surface area (Å²) >= 11 is 6.36. The molecule has 7 nitrogen and oxygen atoms in total. The molecule has 1 aromatic heterocycles. The Balaban J connectivity index is 1.92. The highest BCUT2D eigenvalue weighted by Gasteiger charge is 2.48. The van der Waals surface area contributed by atoms with Gasteiger partial charge in [-0.2, -0.15) is 0 Å². The largest absolute Gasteiger partial charge is 0.507 e. The van der Waals surface area contributed by atoms with E-state index < -0.39 is 23.5 Å². The van der Waals surface area contributed by atoms with Crippen molar-refractivity contribution in [2.24, 2.45) is 0 Å². The number of rotatable bonds is 7. The Hall–Kier alpha value is -3.71. The average Bonchev–Trinajstić information content (AvgIpc) is 3.36. The molecule has 1 N–H and O–H groups in total. The number of Topliss-reactive ketones (excluding diaryl/α,β-unsaturated/α-hetero) is 1. The van der Waals surface area contributed by atoms with Crippen LogP contribution in [-0.2, 0) is 9.59 Å². The van der Waals surface area contributed by atoms with E-state index in [1.165, 1.54) is 11.0 Å². The van der Waals surface area contributed by atoms with Gasteiger partial charge in [-0.1, -0.05) is 17.7 Å². The van der Waals surface area contributed by atoms with Crippen LogP contribution in [0.4, 0.5) is 5.69 Å².